The smallest absolute Gasteiger partial charge is 0.230 e. The van der Waals surface area contributed by atoms with Crippen LogP contribution in [0, 0.1) is 11.6 Å². The third-order valence-electron chi connectivity index (χ3n) is 4.66. The Morgan fingerprint density at radius 1 is 1.18 bits per heavy atom. The summed E-state index contributed by atoms with van der Waals surface area (Å²) in [5.41, 5.74) is 0.835. The molecule has 0 aliphatic heterocycles. The van der Waals surface area contributed by atoms with Gasteiger partial charge in [0, 0.05) is 23.9 Å². The number of hydrogen-bond donors (Lipinski definition) is 3. The minimum atomic E-state index is -1.12. The van der Waals surface area contributed by atoms with Gasteiger partial charge >= 0.3 is 0 Å². The summed E-state index contributed by atoms with van der Waals surface area (Å²) in [5.74, 6) is -0.709. The maximum atomic E-state index is 13.8. The first kappa shape index (κ1) is 21.9. The molecule has 11 heteroatoms. The number of carbonyl (C=O) groups excluding carboxylic acids is 1. The van der Waals surface area contributed by atoms with Gasteiger partial charge < -0.3 is 20.1 Å². The summed E-state index contributed by atoms with van der Waals surface area (Å²) in [7, 11) is 1.54. The van der Waals surface area contributed by atoms with Crippen molar-refractivity contribution in [1.82, 2.24) is 20.2 Å². The molecule has 2 aromatic heterocycles. The van der Waals surface area contributed by atoms with Gasteiger partial charge in [-0.2, -0.15) is 5.10 Å². The van der Waals surface area contributed by atoms with Crippen molar-refractivity contribution in [2.75, 3.05) is 24.4 Å². The lowest BCUT2D eigenvalue weighted by Gasteiger charge is -2.12. The van der Waals surface area contributed by atoms with E-state index in [2.05, 4.69) is 30.8 Å². The van der Waals surface area contributed by atoms with Gasteiger partial charge in [0.25, 0.3) is 0 Å². The van der Waals surface area contributed by atoms with Crippen LogP contribution in [0.2, 0.25) is 0 Å². The van der Waals surface area contributed by atoms with Crippen LogP contribution in [0.5, 0.6) is 11.5 Å². The second-order valence-electron chi connectivity index (χ2n) is 6.90. The van der Waals surface area contributed by atoms with Crippen LogP contribution in [0.25, 0.3) is 10.9 Å². The molecule has 4 rings (SSSR count). The summed E-state index contributed by atoms with van der Waals surface area (Å²) in [6, 6.07) is 8.69. The fourth-order valence-corrected chi connectivity index (χ4v) is 3.24. The summed E-state index contributed by atoms with van der Waals surface area (Å²) < 4.78 is 38.1. The van der Waals surface area contributed by atoms with E-state index in [-0.39, 0.29) is 12.1 Å². The van der Waals surface area contributed by atoms with Crippen molar-refractivity contribution in [3.63, 3.8) is 0 Å². The molecule has 0 saturated heterocycles. The van der Waals surface area contributed by atoms with E-state index in [0.29, 0.717) is 46.3 Å². The van der Waals surface area contributed by atoms with Crippen molar-refractivity contribution in [2.45, 2.75) is 13.3 Å². The van der Waals surface area contributed by atoms with Gasteiger partial charge in [-0.3, -0.25) is 9.89 Å². The Hall–Kier alpha value is -4.28. The number of aromatic amines is 1. The third-order valence-corrected chi connectivity index (χ3v) is 4.66. The Balaban J connectivity index is 1.51. The Labute approximate surface area is 187 Å². The van der Waals surface area contributed by atoms with Crippen molar-refractivity contribution in [1.29, 1.82) is 0 Å². The molecule has 0 spiro atoms. The molecule has 0 fully saturated rings. The molecule has 2 aromatic carbocycles. The number of anilines is 3. The zero-order valence-corrected chi connectivity index (χ0v) is 17.8. The fraction of sp³-hybridized carbons (Fsp3) is 0.182. The van der Waals surface area contributed by atoms with Gasteiger partial charge in [0.1, 0.15) is 23.6 Å². The Bertz CT molecular complexity index is 1310. The average Bonchev–Trinajstić information content (AvgIpc) is 3.23. The van der Waals surface area contributed by atoms with E-state index >= 15 is 0 Å². The van der Waals surface area contributed by atoms with Crippen LogP contribution in [0.3, 0.4) is 0 Å². The zero-order chi connectivity index (χ0) is 23.4. The number of carbonyl (C=O) groups is 1. The van der Waals surface area contributed by atoms with Crippen molar-refractivity contribution in [3.05, 3.63) is 60.1 Å². The Kier molecular flexibility index (Phi) is 6.29. The normalized spacial score (nSPS) is 10.8. The van der Waals surface area contributed by atoms with Gasteiger partial charge in [0.15, 0.2) is 17.5 Å². The highest BCUT2D eigenvalue weighted by Crippen LogP contribution is 2.35. The van der Waals surface area contributed by atoms with Gasteiger partial charge in [0.2, 0.25) is 5.91 Å². The highest BCUT2D eigenvalue weighted by Gasteiger charge is 2.15. The van der Waals surface area contributed by atoms with E-state index in [0.717, 1.165) is 6.07 Å². The number of rotatable bonds is 8. The van der Waals surface area contributed by atoms with E-state index in [9.17, 15) is 13.6 Å². The molecular formula is C22H20F2N6O3. The lowest BCUT2D eigenvalue weighted by Crippen LogP contribution is -2.16. The number of nitrogens with one attached hydrogen (secondary N) is 3. The molecule has 0 atom stereocenters. The Morgan fingerprint density at radius 3 is 2.82 bits per heavy atom. The van der Waals surface area contributed by atoms with E-state index in [4.69, 9.17) is 9.47 Å². The number of hydrogen-bond acceptors (Lipinski definition) is 7. The molecule has 3 N–H and O–H groups in total. The van der Waals surface area contributed by atoms with E-state index in [1.165, 1.54) is 25.6 Å². The molecule has 0 saturated carbocycles. The number of methoxy groups -OCH3 is 1. The predicted molar refractivity (Wildman–Crippen MR) is 118 cm³/mol. The van der Waals surface area contributed by atoms with E-state index in [1.54, 1.807) is 18.2 Å². The topological polar surface area (TPSA) is 114 Å². The average molecular weight is 454 g/mol. The molecule has 0 radical (unpaired) electrons. The third kappa shape index (κ3) is 4.81. The minimum absolute atomic E-state index is 0.129. The monoisotopic (exact) mass is 454 g/mol. The first-order chi connectivity index (χ1) is 16.0. The molecule has 9 nitrogen and oxygen atoms in total. The maximum Gasteiger partial charge on any atom is 0.230 e. The van der Waals surface area contributed by atoms with Crippen LogP contribution in [0.4, 0.5) is 26.1 Å². The molecule has 33 heavy (non-hydrogen) atoms. The molecule has 0 aliphatic carbocycles. The predicted octanol–water partition coefficient (Wildman–Crippen LogP) is 3.96. The zero-order valence-electron chi connectivity index (χ0n) is 17.8. The standard InChI is InChI=1S/C22H20F2N6O3/c1-3-33-13-9-16-20(17(10-13)32-2)22(26-11-25-16)28-18-7-12(29-30-18)8-19(31)27-15-6-4-5-14(23)21(15)24/h4-7,9-11H,3,8H2,1-2H3,(H,27,31)(H2,25,26,28,29,30). The number of H-pyrrole nitrogens is 1. The summed E-state index contributed by atoms with van der Waals surface area (Å²) in [4.78, 5) is 20.8. The molecule has 2 heterocycles. The summed E-state index contributed by atoms with van der Waals surface area (Å²) in [6.45, 7) is 2.38. The molecule has 4 aromatic rings. The van der Waals surface area contributed by atoms with Crippen LogP contribution >= 0.6 is 0 Å². The lowest BCUT2D eigenvalue weighted by molar-refractivity contribution is -0.115. The molecular weight excluding hydrogens is 434 g/mol. The quantitative estimate of drug-likeness (QED) is 0.369. The highest BCUT2D eigenvalue weighted by atomic mass is 19.2. The van der Waals surface area contributed by atoms with Crippen LogP contribution in [0.1, 0.15) is 12.6 Å². The number of halogens is 2. The van der Waals surface area contributed by atoms with E-state index in [1.807, 2.05) is 6.92 Å². The van der Waals surface area contributed by atoms with E-state index < -0.39 is 17.5 Å². The number of aromatic nitrogens is 4. The van der Waals surface area contributed by atoms with Crippen LogP contribution in [-0.4, -0.2) is 39.8 Å². The van der Waals surface area contributed by atoms with Crippen LogP contribution in [-0.2, 0) is 11.2 Å². The number of ether oxygens (including phenoxy) is 2. The van der Waals surface area contributed by atoms with Gasteiger partial charge in [-0.05, 0) is 19.1 Å². The van der Waals surface area contributed by atoms with Gasteiger partial charge in [-0.15, -0.1) is 0 Å². The van der Waals surface area contributed by atoms with Crippen LogP contribution < -0.4 is 20.1 Å². The first-order valence-electron chi connectivity index (χ1n) is 9.99. The Morgan fingerprint density at radius 2 is 2.03 bits per heavy atom. The highest BCUT2D eigenvalue weighted by molar-refractivity contribution is 5.96. The molecule has 0 aliphatic rings. The molecule has 0 unspecified atom stereocenters. The number of amides is 1. The summed E-state index contributed by atoms with van der Waals surface area (Å²) in [5, 5.41) is 12.9. The second-order valence-corrected chi connectivity index (χ2v) is 6.90. The number of benzene rings is 2. The van der Waals surface area contributed by atoms with Crippen molar-refractivity contribution < 1.29 is 23.0 Å². The van der Waals surface area contributed by atoms with Crippen molar-refractivity contribution >= 4 is 34.1 Å². The fourth-order valence-electron chi connectivity index (χ4n) is 3.24. The van der Waals surface area contributed by atoms with Gasteiger partial charge in [0.05, 0.1) is 36.7 Å². The van der Waals surface area contributed by atoms with Crippen molar-refractivity contribution in [2.24, 2.45) is 0 Å². The molecule has 170 valence electrons. The molecule has 0 bridgehead atoms. The van der Waals surface area contributed by atoms with Gasteiger partial charge in [-0.1, -0.05) is 6.07 Å². The first-order valence-corrected chi connectivity index (χ1v) is 9.99. The summed E-state index contributed by atoms with van der Waals surface area (Å²) >= 11 is 0. The number of nitrogens with zero attached hydrogens (tertiary/aromatic N) is 3. The molecule has 1 amide bonds. The van der Waals surface area contributed by atoms with Gasteiger partial charge in [-0.25, -0.2) is 18.7 Å². The number of fused-ring (bicyclic) bond motifs is 1. The maximum absolute atomic E-state index is 13.8. The lowest BCUT2D eigenvalue weighted by atomic mass is 10.2. The van der Waals surface area contributed by atoms with Crippen molar-refractivity contribution in [3.8, 4) is 11.5 Å². The second kappa shape index (κ2) is 9.47. The SMILES string of the molecule is CCOc1cc(OC)c2c(Nc3cc(CC(=O)Nc4cccc(F)c4F)[nH]n3)ncnc2c1. The minimum Gasteiger partial charge on any atom is -0.496 e. The summed E-state index contributed by atoms with van der Waals surface area (Å²) in [6.07, 6.45) is 1.27. The largest absolute Gasteiger partial charge is 0.496 e. The van der Waals surface area contributed by atoms with Crippen LogP contribution in [0.15, 0.2) is 42.7 Å².